The molecule has 0 aliphatic rings. The predicted octanol–water partition coefficient (Wildman–Crippen LogP) is 3.31. The first-order valence-corrected chi connectivity index (χ1v) is 7.66. The fraction of sp³-hybridized carbons (Fsp3) is 0.105. The molecule has 5 nitrogen and oxygen atoms in total. The maximum atomic E-state index is 13.0. The van der Waals surface area contributed by atoms with Crippen LogP contribution in [0.3, 0.4) is 0 Å². The van der Waals surface area contributed by atoms with E-state index < -0.39 is 0 Å². The first kappa shape index (κ1) is 13.2. The Labute approximate surface area is 136 Å². The molecule has 0 atom stereocenters. The first-order chi connectivity index (χ1) is 11.7. The number of nitrogens with zero attached hydrogens (tertiary/aromatic N) is 2. The van der Waals surface area contributed by atoms with Gasteiger partial charge in [-0.3, -0.25) is 8.80 Å². The quantitative estimate of drug-likeness (QED) is 0.501. The summed E-state index contributed by atoms with van der Waals surface area (Å²) in [5, 5.41) is 2.01. The lowest BCUT2D eigenvalue weighted by atomic mass is 10.2. The minimum atomic E-state index is -0.0663. The maximum absolute atomic E-state index is 13.0. The summed E-state index contributed by atoms with van der Waals surface area (Å²) in [4.78, 5) is 13.0. The van der Waals surface area contributed by atoms with E-state index in [0.717, 1.165) is 32.8 Å². The van der Waals surface area contributed by atoms with Gasteiger partial charge >= 0.3 is 5.69 Å². The third kappa shape index (κ3) is 1.46. The number of imidazole rings is 1. The molecule has 118 valence electrons. The highest BCUT2D eigenvalue weighted by Crippen LogP contribution is 2.35. The third-order valence-electron chi connectivity index (χ3n) is 4.66. The van der Waals surface area contributed by atoms with E-state index in [1.165, 1.54) is 0 Å². The van der Waals surface area contributed by atoms with Gasteiger partial charge in [0.2, 0.25) is 0 Å². The largest absolute Gasteiger partial charge is 0.493 e. The molecule has 0 radical (unpaired) electrons. The molecule has 0 unspecified atom stereocenters. The Morgan fingerprint density at radius 2 is 1.33 bits per heavy atom. The van der Waals surface area contributed by atoms with Gasteiger partial charge in [0.1, 0.15) is 0 Å². The topological polar surface area (TPSA) is 44.4 Å². The summed E-state index contributed by atoms with van der Waals surface area (Å²) < 4.78 is 14.2. The Hall–Kier alpha value is -3.21. The number of hydrogen-bond acceptors (Lipinski definition) is 3. The van der Waals surface area contributed by atoms with Crippen LogP contribution >= 0.6 is 0 Å². The average molecular weight is 318 g/mol. The summed E-state index contributed by atoms with van der Waals surface area (Å²) in [6.07, 6.45) is 0. The Morgan fingerprint density at radius 3 is 2.08 bits per heavy atom. The molecule has 2 aromatic carbocycles. The van der Waals surface area contributed by atoms with Crippen LogP contribution in [0.15, 0.2) is 53.3 Å². The molecule has 3 aromatic heterocycles. The van der Waals surface area contributed by atoms with Crippen LogP contribution in [0.2, 0.25) is 0 Å². The van der Waals surface area contributed by atoms with Gasteiger partial charge in [0.15, 0.2) is 11.5 Å². The van der Waals surface area contributed by atoms with Crippen molar-refractivity contribution < 1.29 is 9.47 Å². The summed E-state index contributed by atoms with van der Waals surface area (Å²) in [5.41, 5.74) is 3.48. The van der Waals surface area contributed by atoms with Gasteiger partial charge in [-0.2, -0.15) is 0 Å². The van der Waals surface area contributed by atoms with E-state index in [4.69, 9.17) is 9.47 Å². The molecule has 0 fully saturated rings. The fourth-order valence-corrected chi connectivity index (χ4v) is 3.58. The highest BCUT2D eigenvalue weighted by Gasteiger charge is 2.18. The van der Waals surface area contributed by atoms with Crippen molar-refractivity contribution in [1.29, 1.82) is 0 Å². The van der Waals surface area contributed by atoms with Crippen molar-refractivity contribution in [1.82, 2.24) is 8.80 Å². The zero-order valence-electron chi connectivity index (χ0n) is 13.2. The predicted molar refractivity (Wildman–Crippen MR) is 93.9 cm³/mol. The summed E-state index contributed by atoms with van der Waals surface area (Å²) in [5.74, 6) is 1.27. The van der Waals surface area contributed by atoms with Crippen molar-refractivity contribution in [3.8, 4) is 11.5 Å². The van der Waals surface area contributed by atoms with Crippen molar-refractivity contribution in [2.24, 2.45) is 0 Å². The second-order valence-corrected chi connectivity index (χ2v) is 5.84. The van der Waals surface area contributed by atoms with E-state index >= 15 is 0 Å². The Bertz CT molecular complexity index is 1300. The van der Waals surface area contributed by atoms with Gasteiger partial charge < -0.3 is 9.47 Å². The van der Waals surface area contributed by atoms with Crippen LogP contribution in [0, 0.1) is 0 Å². The van der Waals surface area contributed by atoms with E-state index in [2.05, 4.69) is 6.07 Å². The van der Waals surface area contributed by atoms with E-state index in [9.17, 15) is 4.79 Å². The third-order valence-corrected chi connectivity index (χ3v) is 4.66. The molecule has 0 aliphatic heterocycles. The molecular formula is C19H14N2O3. The van der Waals surface area contributed by atoms with E-state index in [1.807, 2.05) is 42.5 Å². The second-order valence-electron chi connectivity index (χ2n) is 5.84. The number of rotatable bonds is 2. The monoisotopic (exact) mass is 318 g/mol. The van der Waals surface area contributed by atoms with Gasteiger partial charge in [0.05, 0.1) is 36.3 Å². The van der Waals surface area contributed by atoms with Gasteiger partial charge in [0, 0.05) is 16.8 Å². The van der Waals surface area contributed by atoms with Gasteiger partial charge in [-0.05, 0) is 24.3 Å². The summed E-state index contributed by atoms with van der Waals surface area (Å²) >= 11 is 0. The lowest BCUT2D eigenvalue weighted by Gasteiger charge is -2.07. The summed E-state index contributed by atoms with van der Waals surface area (Å²) in [6, 6.07) is 15.7. The normalized spacial score (nSPS) is 11.9. The molecule has 0 aliphatic carbocycles. The number of ether oxygens (including phenoxy) is 2. The molecule has 5 rings (SSSR count). The lowest BCUT2D eigenvalue weighted by Crippen LogP contribution is -2.13. The molecule has 3 heterocycles. The van der Waals surface area contributed by atoms with E-state index in [0.29, 0.717) is 11.5 Å². The minimum absolute atomic E-state index is 0.0663. The van der Waals surface area contributed by atoms with Gasteiger partial charge in [-0.25, -0.2) is 4.79 Å². The Kier molecular flexibility index (Phi) is 2.44. The standard InChI is InChI=1S/C19H14N2O3/c1-23-17-9-12-8-16-15-7-11-5-3-4-6-13(11)20(15)19(22)21(16)14(12)10-18(17)24-2/h3-10H,1-2H3. The van der Waals surface area contributed by atoms with Crippen LogP contribution in [0.4, 0.5) is 0 Å². The Morgan fingerprint density at radius 1 is 0.708 bits per heavy atom. The summed E-state index contributed by atoms with van der Waals surface area (Å²) in [7, 11) is 3.20. The van der Waals surface area contributed by atoms with Crippen molar-refractivity contribution in [2.75, 3.05) is 14.2 Å². The number of benzene rings is 2. The summed E-state index contributed by atoms with van der Waals surface area (Å²) in [6.45, 7) is 0. The zero-order valence-corrected chi connectivity index (χ0v) is 13.2. The fourth-order valence-electron chi connectivity index (χ4n) is 3.58. The van der Waals surface area contributed by atoms with Crippen molar-refractivity contribution in [3.63, 3.8) is 0 Å². The second kappa shape index (κ2) is 4.41. The Balaban J connectivity index is 2.01. The molecule has 0 saturated carbocycles. The van der Waals surface area contributed by atoms with Gasteiger partial charge in [-0.1, -0.05) is 18.2 Å². The molecule has 5 aromatic rings. The van der Waals surface area contributed by atoms with E-state index in [-0.39, 0.29) is 5.69 Å². The molecule has 5 heteroatoms. The van der Waals surface area contributed by atoms with Crippen LogP contribution in [-0.2, 0) is 0 Å². The number of fused-ring (bicyclic) bond motifs is 7. The molecule has 0 bridgehead atoms. The van der Waals surface area contributed by atoms with Gasteiger partial charge in [-0.15, -0.1) is 0 Å². The smallest absolute Gasteiger partial charge is 0.338 e. The maximum Gasteiger partial charge on any atom is 0.338 e. The average Bonchev–Trinajstić information content (AvgIpc) is 3.23. The molecule has 0 saturated heterocycles. The minimum Gasteiger partial charge on any atom is -0.493 e. The van der Waals surface area contributed by atoms with Gasteiger partial charge in [0.25, 0.3) is 0 Å². The van der Waals surface area contributed by atoms with Crippen molar-refractivity contribution in [2.45, 2.75) is 0 Å². The molecule has 24 heavy (non-hydrogen) atoms. The first-order valence-electron chi connectivity index (χ1n) is 7.66. The number of hydrogen-bond donors (Lipinski definition) is 0. The number of methoxy groups -OCH3 is 2. The highest BCUT2D eigenvalue weighted by molar-refractivity contribution is 6.00. The van der Waals surface area contributed by atoms with Crippen molar-refractivity contribution >= 4 is 32.8 Å². The van der Waals surface area contributed by atoms with Crippen LogP contribution in [0.5, 0.6) is 11.5 Å². The number of para-hydroxylation sites is 1. The molecular weight excluding hydrogens is 304 g/mol. The van der Waals surface area contributed by atoms with Crippen LogP contribution < -0.4 is 15.2 Å². The van der Waals surface area contributed by atoms with Crippen LogP contribution in [0.1, 0.15) is 0 Å². The molecule has 0 N–H and O–H groups in total. The number of aromatic nitrogens is 2. The SMILES string of the molecule is COc1cc2cc3c4cc5ccccc5n4c(=O)n3c2cc1OC. The highest BCUT2D eigenvalue weighted by atomic mass is 16.5. The lowest BCUT2D eigenvalue weighted by molar-refractivity contribution is 0.356. The zero-order chi connectivity index (χ0) is 16.4. The van der Waals surface area contributed by atoms with Crippen molar-refractivity contribution in [3.05, 3.63) is 59.0 Å². The van der Waals surface area contributed by atoms with E-state index in [1.54, 1.807) is 23.0 Å². The van der Waals surface area contributed by atoms with Crippen LogP contribution in [0.25, 0.3) is 32.8 Å². The van der Waals surface area contributed by atoms with Crippen LogP contribution in [-0.4, -0.2) is 23.0 Å². The molecule has 0 amide bonds. The molecule has 0 spiro atoms.